The third kappa shape index (κ3) is 3.61. The lowest BCUT2D eigenvalue weighted by Crippen LogP contribution is -2.37. The number of nitrogens with zero attached hydrogens (tertiary/aromatic N) is 3. The summed E-state index contributed by atoms with van der Waals surface area (Å²) >= 11 is 0. The maximum Gasteiger partial charge on any atom is 0.327 e. The Kier molecular flexibility index (Phi) is 4.15. The van der Waals surface area contributed by atoms with Gasteiger partial charge in [0.15, 0.2) is 11.5 Å². The maximum atomic E-state index is 12.0. The van der Waals surface area contributed by atoms with E-state index in [2.05, 4.69) is 20.5 Å². The van der Waals surface area contributed by atoms with E-state index >= 15 is 0 Å². The quantitative estimate of drug-likeness (QED) is 0.657. The zero-order valence-electron chi connectivity index (χ0n) is 12.0. The highest BCUT2D eigenvalue weighted by atomic mass is 16.5. The average Bonchev–Trinajstić information content (AvgIpc) is 2.55. The van der Waals surface area contributed by atoms with Crippen LogP contribution in [0.3, 0.4) is 0 Å². The highest BCUT2D eigenvalue weighted by molar-refractivity contribution is 6.02. The molecular formula is C13H14N6O4. The molecule has 1 fully saturated rings. The molecular weight excluding hydrogens is 304 g/mol. The first-order chi connectivity index (χ1) is 11.1. The molecule has 10 nitrogen and oxygen atoms in total. The van der Waals surface area contributed by atoms with Gasteiger partial charge in [0.2, 0.25) is 0 Å². The summed E-state index contributed by atoms with van der Waals surface area (Å²) in [6.45, 7) is 2.68. The summed E-state index contributed by atoms with van der Waals surface area (Å²) in [6.07, 6.45) is 0. The van der Waals surface area contributed by atoms with Crippen molar-refractivity contribution in [3.05, 3.63) is 44.7 Å². The number of hydrogen-bond acceptors (Lipinski definition) is 7. The van der Waals surface area contributed by atoms with Crippen LogP contribution in [0.1, 0.15) is 10.5 Å². The molecule has 120 valence electrons. The largest absolute Gasteiger partial charge is 0.378 e. The molecule has 23 heavy (non-hydrogen) atoms. The fourth-order valence-corrected chi connectivity index (χ4v) is 2.13. The van der Waals surface area contributed by atoms with Crippen molar-refractivity contribution in [2.75, 3.05) is 36.5 Å². The smallest absolute Gasteiger partial charge is 0.327 e. The summed E-state index contributed by atoms with van der Waals surface area (Å²) in [5.74, 6) is 0.0736. The van der Waals surface area contributed by atoms with Crippen LogP contribution < -0.4 is 21.5 Å². The van der Waals surface area contributed by atoms with Gasteiger partial charge >= 0.3 is 5.69 Å². The van der Waals surface area contributed by atoms with Crippen LogP contribution in [0, 0.1) is 0 Å². The van der Waals surface area contributed by atoms with E-state index in [0.717, 1.165) is 6.07 Å². The van der Waals surface area contributed by atoms with E-state index in [1.165, 1.54) is 6.07 Å². The summed E-state index contributed by atoms with van der Waals surface area (Å²) < 4.78 is 5.26. The predicted molar refractivity (Wildman–Crippen MR) is 80.7 cm³/mol. The number of anilines is 2. The van der Waals surface area contributed by atoms with E-state index in [0.29, 0.717) is 32.1 Å². The number of morpholine rings is 1. The van der Waals surface area contributed by atoms with E-state index in [1.54, 1.807) is 6.07 Å². The Labute approximate surface area is 129 Å². The minimum atomic E-state index is -0.707. The van der Waals surface area contributed by atoms with Gasteiger partial charge in [-0.2, -0.15) is 0 Å². The Morgan fingerprint density at radius 1 is 1.17 bits per heavy atom. The van der Waals surface area contributed by atoms with Crippen LogP contribution in [0.5, 0.6) is 0 Å². The van der Waals surface area contributed by atoms with Gasteiger partial charge in [-0.3, -0.25) is 19.6 Å². The van der Waals surface area contributed by atoms with Gasteiger partial charge in [0, 0.05) is 19.2 Å². The molecule has 0 aliphatic carbocycles. The highest BCUT2D eigenvalue weighted by Crippen LogP contribution is 2.11. The van der Waals surface area contributed by atoms with Crippen molar-refractivity contribution in [3.8, 4) is 0 Å². The van der Waals surface area contributed by atoms with Gasteiger partial charge in [-0.05, 0) is 12.1 Å². The molecule has 10 heteroatoms. The summed E-state index contributed by atoms with van der Waals surface area (Å²) in [4.78, 5) is 40.7. The summed E-state index contributed by atoms with van der Waals surface area (Å²) in [6, 6.07) is 4.28. The van der Waals surface area contributed by atoms with Gasteiger partial charge in [-0.15, -0.1) is 10.2 Å². The molecule has 0 radical (unpaired) electrons. The Balaban J connectivity index is 1.72. The van der Waals surface area contributed by atoms with Crippen molar-refractivity contribution in [3.63, 3.8) is 0 Å². The van der Waals surface area contributed by atoms with Crippen LogP contribution >= 0.6 is 0 Å². The highest BCUT2D eigenvalue weighted by Gasteiger charge is 2.15. The fraction of sp³-hybridized carbons (Fsp3) is 0.308. The number of amides is 1. The first kappa shape index (κ1) is 14.9. The Bertz CT molecular complexity index is 778. The van der Waals surface area contributed by atoms with Gasteiger partial charge in [-0.1, -0.05) is 0 Å². The Morgan fingerprint density at radius 2 is 1.96 bits per heavy atom. The van der Waals surface area contributed by atoms with Crippen molar-refractivity contribution in [1.29, 1.82) is 0 Å². The van der Waals surface area contributed by atoms with Crippen LogP contribution in [0.2, 0.25) is 0 Å². The van der Waals surface area contributed by atoms with Crippen LogP contribution in [0.4, 0.5) is 11.6 Å². The molecule has 1 saturated heterocycles. The average molecular weight is 318 g/mol. The number of hydrogen-bond donors (Lipinski definition) is 3. The monoisotopic (exact) mass is 318 g/mol. The lowest BCUT2D eigenvalue weighted by molar-refractivity contribution is 0.102. The number of rotatable bonds is 3. The Morgan fingerprint density at radius 3 is 2.61 bits per heavy atom. The van der Waals surface area contributed by atoms with Gasteiger partial charge in [0.25, 0.3) is 11.5 Å². The van der Waals surface area contributed by atoms with Gasteiger partial charge in [-0.25, -0.2) is 4.79 Å². The molecule has 3 N–H and O–H groups in total. The topological polar surface area (TPSA) is 133 Å². The standard InChI is InChI=1S/C13H14N6O4/c20-11-7-9(15-13(22)16-11)14-12(21)8-1-2-10(18-17-8)19-3-5-23-6-4-19/h1-2,7H,3-6H2,(H3,14,15,16,20,21,22). The molecule has 0 atom stereocenters. The SMILES string of the molecule is O=C(Nc1cc(=O)[nH]c(=O)[nH]1)c1ccc(N2CCOCC2)nn1. The minimum Gasteiger partial charge on any atom is -0.378 e. The van der Waals surface area contributed by atoms with Crippen molar-refractivity contribution < 1.29 is 9.53 Å². The third-order valence-electron chi connectivity index (χ3n) is 3.23. The first-order valence-electron chi connectivity index (χ1n) is 6.93. The first-order valence-corrected chi connectivity index (χ1v) is 6.93. The zero-order valence-corrected chi connectivity index (χ0v) is 12.0. The molecule has 0 spiro atoms. The molecule has 0 unspecified atom stereocenters. The van der Waals surface area contributed by atoms with Crippen molar-refractivity contribution in [1.82, 2.24) is 20.2 Å². The number of H-pyrrole nitrogens is 2. The fourth-order valence-electron chi connectivity index (χ4n) is 2.13. The second kappa shape index (κ2) is 6.40. The maximum absolute atomic E-state index is 12.0. The van der Waals surface area contributed by atoms with Crippen molar-refractivity contribution in [2.45, 2.75) is 0 Å². The van der Waals surface area contributed by atoms with Crippen LogP contribution in [0.25, 0.3) is 0 Å². The second-order valence-corrected chi connectivity index (χ2v) is 4.83. The van der Waals surface area contributed by atoms with Crippen LogP contribution in [-0.4, -0.2) is 52.4 Å². The zero-order chi connectivity index (χ0) is 16.2. The van der Waals surface area contributed by atoms with Crippen molar-refractivity contribution in [2.24, 2.45) is 0 Å². The number of ether oxygens (including phenoxy) is 1. The predicted octanol–water partition coefficient (Wildman–Crippen LogP) is -1.06. The van der Waals surface area contributed by atoms with Gasteiger partial charge in [0.05, 0.1) is 13.2 Å². The molecule has 0 bridgehead atoms. The summed E-state index contributed by atoms with van der Waals surface area (Å²) in [5.41, 5.74) is -1.25. The molecule has 0 aromatic carbocycles. The molecule has 1 aliphatic rings. The molecule has 3 heterocycles. The molecule has 2 aromatic heterocycles. The number of aromatic amines is 2. The number of aromatic nitrogens is 4. The van der Waals surface area contributed by atoms with E-state index in [-0.39, 0.29) is 11.5 Å². The third-order valence-corrected chi connectivity index (χ3v) is 3.23. The van der Waals surface area contributed by atoms with E-state index in [4.69, 9.17) is 4.74 Å². The van der Waals surface area contributed by atoms with Gasteiger partial charge in [0.1, 0.15) is 5.82 Å². The summed E-state index contributed by atoms with van der Waals surface area (Å²) in [5, 5.41) is 10.3. The molecule has 1 amide bonds. The number of nitrogens with one attached hydrogen (secondary N) is 3. The molecule has 2 aromatic rings. The van der Waals surface area contributed by atoms with Crippen molar-refractivity contribution >= 4 is 17.5 Å². The lowest BCUT2D eigenvalue weighted by atomic mass is 10.3. The molecule has 1 aliphatic heterocycles. The second-order valence-electron chi connectivity index (χ2n) is 4.83. The van der Waals surface area contributed by atoms with Gasteiger partial charge < -0.3 is 15.0 Å². The summed E-state index contributed by atoms with van der Waals surface area (Å²) in [7, 11) is 0. The van der Waals surface area contributed by atoms with E-state index in [1.807, 2.05) is 9.88 Å². The van der Waals surface area contributed by atoms with Crippen LogP contribution in [-0.2, 0) is 4.74 Å². The Hall–Kier alpha value is -3.01. The minimum absolute atomic E-state index is 0.0113. The van der Waals surface area contributed by atoms with E-state index in [9.17, 15) is 14.4 Å². The normalized spacial score (nSPS) is 14.5. The molecule has 0 saturated carbocycles. The van der Waals surface area contributed by atoms with E-state index < -0.39 is 17.2 Å². The molecule has 3 rings (SSSR count). The lowest BCUT2D eigenvalue weighted by Gasteiger charge is -2.27. The van der Waals surface area contributed by atoms with Crippen LogP contribution in [0.15, 0.2) is 27.8 Å². The number of carbonyl (C=O) groups excluding carboxylic acids is 1. The number of carbonyl (C=O) groups is 1.